The first-order valence-electron chi connectivity index (χ1n) is 7.37. The molecule has 0 saturated carbocycles. The minimum atomic E-state index is 1.12. The highest BCUT2D eigenvalue weighted by Gasteiger charge is 2.14. The van der Waals surface area contributed by atoms with E-state index in [1.807, 2.05) is 0 Å². The van der Waals surface area contributed by atoms with E-state index in [2.05, 4.69) is 45.8 Å². The molecule has 17 heavy (non-hydrogen) atoms. The van der Waals surface area contributed by atoms with Crippen LogP contribution in [0.1, 0.15) is 52.4 Å². The zero-order chi connectivity index (χ0) is 13.1. The van der Waals surface area contributed by atoms with Crippen molar-refractivity contribution in [2.75, 3.05) is 40.8 Å². The van der Waals surface area contributed by atoms with Crippen molar-refractivity contribution in [3.05, 3.63) is 0 Å². The molecule has 0 radical (unpaired) electrons. The Morgan fingerprint density at radius 3 is 2.12 bits per heavy atom. The van der Waals surface area contributed by atoms with E-state index in [0.29, 0.717) is 0 Å². The van der Waals surface area contributed by atoms with Crippen LogP contribution in [-0.2, 0) is 0 Å². The summed E-state index contributed by atoms with van der Waals surface area (Å²) in [4.78, 5) is 0. The van der Waals surface area contributed by atoms with E-state index < -0.39 is 0 Å². The molecule has 0 aromatic heterocycles. The summed E-state index contributed by atoms with van der Waals surface area (Å²) < 4.78 is 3.49. The van der Waals surface area contributed by atoms with Crippen molar-refractivity contribution < 1.29 is 9.06 Å². The van der Waals surface area contributed by atoms with Gasteiger partial charge in [-0.25, -0.2) is 4.58 Å². The van der Waals surface area contributed by atoms with Crippen LogP contribution in [0.4, 0.5) is 0 Å². The predicted molar refractivity (Wildman–Crippen MR) is 78.0 cm³/mol. The van der Waals surface area contributed by atoms with E-state index in [0.717, 1.165) is 11.0 Å². The molecular formula is C15H34N2+2. The second kappa shape index (κ2) is 9.64. The first-order chi connectivity index (χ1) is 8.02. The first kappa shape index (κ1) is 16.6. The SMILES string of the molecule is CCCCC[N+](C)=CC[N+](C)(C)CCCCC. The van der Waals surface area contributed by atoms with Gasteiger partial charge in [-0.3, -0.25) is 0 Å². The molecule has 102 valence electrons. The molecule has 0 heterocycles. The number of hydrogen-bond acceptors (Lipinski definition) is 0. The zero-order valence-electron chi connectivity index (χ0n) is 12.8. The fourth-order valence-electron chi connectivity index (χ4n) is 1.94. The van der Waals surface area contributed by atoms with Crippen LogP contribution >= 0.6 is 0 Å². The van der Waals surface area contributed by atoms with Gasteiger partial charge in [-0.2, -0.15) is 0 Å². The van der Waals surface area contributed by atoms with E-state index in [9.17, 15) is 0 Å². The van der Waals surface area contributed by atoms with Gasteiger partial charge in [-0.1, -0.05) is 26.7 Å². The quantitative estimate of drug-likeness (QED) is 0.240. The molecule has 0 aliphatic rings. The molecule has 0 spiro atoms. The topological polar surface area (TPSA) is 3.01 Å². The van der Waals surface area contributed by atoms with Crippen LogP contribution < -0.4 is 0 Å². The lowest BCUT2D eigenvalue weighted by Gasteiger charge is -2.27. The second-order valence-corrected chi connectivity index (χ2v) is 5.92. The van der Waals surface area contributed by atoms with Gasteiger partial charge in [0.1, 0.15) is 13.6 Å². The summed E-state index contributed by atoms with van der Waals surface area (Å²) in [5.74, 6) is 0. The Morgan fingerprint density at radius 2 is 1.53 bits per heavy atom. The molecule has 0 rings (SSSR count). The van der Waals surface area contributed by atoms with E-state index >= 15 is 0 Å². The van der Waals surface area contributed by atoms with Crippen LogP contribution in [0, 0.1) is 0 Å². The number of rotatable bonds is 10. The maximum Gasteiger partial charge on any atom is 0.194 e. The average Bonchev–Trinajstić information content (AvgIpc) is 2.27. The monoisotopic (exact) mass is 242 g/mol. The van der Waals surface area contributed by atoms with Crippen LogP contribution in [-0.4, -0.2) is 56.1 Å². The van der Waals surface area contributed by atoms with Crippen molar-refractivity contribution in [1.82, 2.24) is 0 Å². The third-order valence-corrected chi connectivity index (χ3v) is 3.37. The summed E-state index contributed by atoms with van der Waals surface area (Å²) >= 11 is 0. The number of hydrogen-bond donors (Lipinski definition) is 0. The third kappa shape index (κ3) is 10.5. The lowest BCUT2D eigenvalue weighted by atomic mass is 10.2. The van der Waals surface area contributed by atoms with Gasteiger partial charge in [-0.05, 0) is 19.3 Å². The molecule has 0 fully saturated rings. The van der Waals surface area contributed by atoms with Gasteiger partial charge in [-0.15, -0.1) is 0 Å². The second-order valence-electron chi connectivity index (χ2n) is 5.92. The van der Waals surface area contributed by atoms with E-state index in [-0.39, 0.29) is 0 Å². The van der Waals surface area contributed by atoms with Gasteiger partial charge in [0.25, 0.3) is 0 Å². The Labute approximate surface area is 109 Å². The van der Waals surface area contributed by atoms with Crippen molar-refractivity contribution in [3.63, 3.8) is 0 Å². The Morgan fingerprint density at radius 1 is 0.941 bits per heavy atom. The Kier molecular flexibility index (Phi) is 9.43. The van der Waals surface area contributed by atoms with Crippen LogP contribution in [0.3, 0.4) is 0 Å². The Balaban J connectivity index is 3.83. The van der Waals surface area contributed by atoms with Gasteiger partial charge >= 0.3 is 0 Å². The fraction of sp³-hybridized carbons (Fsp3) is 0.933. The maximum absolute atomic E-state index is 2.38. The number of unbranched alkanes of at least 4 members (excludes halogenated alkanes) is 4. The van der Waals surface area contributed by atoms with Crippen LogP contribution in [0.25, 0.3) is 0 Å². The van der Waals surface area contributed by atoms with Gasteiger partial charge in [0.15, 0.2) is 12.8 Å². The van der Waals surface area contributed by atoms with Crippen molar-refractivity contribution in [3.8, 4) is 0 Å². The van der Waals surface area contributed by atoms with Gasteiger partial charge in [0.05, 0.1) is 20.6 Å². The van der Waals surface area contributed by atoms with E-state index in [4.69, 9.17) is 0 Å². The zero-order valence-corrected chi connectivity index (χ0v) is 12.8. The molecule has 2 heteroatoms. The van der Waals surface area contributed by atoms with Crippen molar-refractivity contribution in [2.45, 2.75) is 52.4 Å². The van der Waals surface area contributed by atoms with Crippen LogP contribution in [0.15, 0.2) is 0 Å². The average molecular weight is 242 g/mol. The van der Waals surface area contributed by atoms with E-state index in [1.54, 1.807) is 0 Å². The van der Waals surface area contributed by atoms with Crippen LogP contribution in [0.5, 0.6) is 0 Å². The van der Waals surface area contributed by atoms with Crippen molar-refractivity contribution in [1.29, 1.82) is 0 Å². The summed E-state index contributed by atoms with van der Waals surface area (Å²) in [5, 5.41) is 0. The first-order valence-corrected chi connectivity index (χ1v) is 7.37. The number of quaternary nitrogens is 1. The summed E-state index contributed by atoms with van der Waals surface area (Å²) in [6.45, 7) is 8.20. The van der Waals surface area contributed by atoms with E-state index in [1.165, 1.54) is 51.6 Å². The normalized spacial score (nSPS) is 13.1. The highest BCUT2D eigenvalue weighted by atomic mass is 15.3. The molecule has 0 aliphatic heterocycles. The van der Waals surface area contributed by atoms with Crippen molar-refractivity contribution in [2.24, 2.45) is 0 Å². The summed E-state index contributed by atoms with van der Waals surface area (Å²) in [5.41, 5.74) is 0. The minimum Gasteiger partial charge on any atom is -0.320 e. The van der Waals surface area contributed by atoms with Gasteiger partial charge < -0.3 is 4.48 Å². The predicted octanol–water partition coefficient (Wildman–Crippen LogP) is 3.16. The minimum absolute atomic E-state index is 1.12. The molecule has 0 aromatic rings. The van der Waals surface area contributed by atoms with Gasteiger partial charge in [0, 0.05) is 6.42 Å². The van der Waals surface area contributed by atoms with Crippen LogP contribution in [0.2, 0.25) is 0 Å². The molecule has 0 atom stereocenters. The standard InChI is InChI=1S/C15H34N2/c1-6-8-10-12-16(3)13-15-17(4,5)14-11-9-7-2/h13H,6-12,14-15H2,1-5H3/q+2. The van der Waals surface area contributed by atoms with Gasteiger partial charge in [0.2, 0.25) is 0 Å². The van der Waals surface area contributed by atoms with Crippen molar-refractivity contribution >= 4 is 6.21 Å². The molecule has 0 N–H and O–H groups in total. The molecule has 0 aliphatic carbocycles. The lowest BCUT2D eigenvalue weighted by molar-refractivity contribution is -0.882. The lowest BCUT2D eigenvalue weighted by Crippen LogP contribution is -2.43. The highest BCUT2D eigenvalue weighted by Crippen LogP contribution is 2.02. The molecule has 0 bridgehead atoms. The fourth-order valence-corrected chi connectivity index (χ4v) is 1.94. The maximum atomic E-state index is 2.38. The third-order valence-electron chi connectivity index (χ3n) is 3.37. The molecule has 2 nitrogen and oxygen atoms in total. The number of nitrogens with zero attached hydrogens (tertiary/aromatic N) is 2. The molecule has 0 saturated heterocycles. The molecule has 0 amide bonds. The molecule has 0 aromatic carbocycles. The summed E-state index contributed by atoms with van der Waals surface area (Å²) in [6, 6.07) is 0. The summed E-state index contributed by atoms with van der Waals surface area (Å²) in [6.07, 6.45) is 10.4. The molecule has 0 unspecified atom stereocenters. The largest absolute Gasteiger partial charge is 0.320 e. The highest BCUT2D eigenvalue weighted by molar-refractivity contribution is 5.52. The Bertz CT molecular complexity index is 207. The Hall–Kier alpha value is -0.370. The smallest absolute Gasteiger partial charge is 0.194 e. The molecular weight excluding hydrogens is 208 g/mol. The summed E-state index contributed by atoms with van der Waals surface area (Å²) in [7, 11) is 6.89.